The van der Waals surface area contributed by atoms with Gasteiger partial charge in [-0.05, 0) is 11.6 Å². The predicted octanol–water partition coefficient (Wildman–Crippen LogP) is -0.841. The zero-order valence-electron chi connectivity index (χ0n) is 8.60. The Morgan fingerprint density at radius 3 is 3.06 bits per heavy atom. The van der Waals surface area contributed by atoms with Crippen molar-refractivity contribution in [3.8, 4) is 0 Å². The molecular formula is C12H11N3O. The Morgan fingerprint density at radius 1 is 1.44 bits per heavy atom. The van der Waals surface area contributed by atoms with Gasteiger partial charge in [0.1, 0.15) is 6.04 Å². The number of rotatable bonds is 1. The van der Waals surface area contributed by atoms with Crippen molar-refractivity contribution in [2.45, 2.75) is 12.5 Å². The molecule has 4 nitrogen and oxygen atoms in total. The van der Waals surface area contributed by atoms with E-state index in [0.717, 1.165) is 21.8 Å². The molecule has 0 aromatic heterocycles. The number of nitrogens with two attached hydrogens (primary N) is 1. The van der Waals surface area contributed by atoms with Gasteiger partial charge in [-0.1, -0.05) is 18.2 Å². The lowest BCUT2D eigenvalue weighted by molar-refractivity contribution is -0.119. The molecule has 0 radical (unpaired) electrons. The maximum absolute atomic E-state index is 11.1. The second kappa shape index (κ2) is 3.20. The van der Waals surface area contributed by atoms with Crippen LogP contribution in [0.3, 0.4) is 0 Å². The van der Waals surface area contributed by atoms with Gasteiger partial charge < -0.3 is 11.1 Å². The monoisotopic (exact) mass is 213 g/mol. The zero-order valence-corrected chi connectivity index (χ0v) is 8.60. The van der Waals surface area contributed by atoms with Crippen LogP contribution in [0.5, 0.6) is 0 Å². The smallest absolute Gasteiger partial charge is 0.240 e. The summed E-state index contributed by atoms with van der Waals surface area (Å²) in [6.07, 6.45) is 2.38. The zero-order chi connectivity index (χ0) is 11.1. The largest absolute Gasteiger partial charge is 0.378 e. The van der Waals surface area contributed by atoms with E-state index in [1.807, 2.05) is 24.3 Å². The van der Waals surface area contributed by atoms with Crippen LogP contribution in [0.2, 0.25) is 0 Å². The van der Waals surface area contributed by atoms with Crippen molar-refractivity contribution in [3.05, 3.63) is 46.7 Å². The third-order valence-corrected chi connectivity index (χ3v) is 2.95. The number of amides is 1. The number of hydrogen-bond donors (Lipinski definition) is 2. The molecule has 1 aromatic rings. The Labute approximate surface area is 92.2 Å². The van der Waals surface area contributed by atoms with Gasteiger partial charge in [-0.2, -0.15) is 0 Å². The van der Waals surface area contributed by atoms with E-state index in [-0.39, 0.29) is 11.9 Å². The van der Waals surface area contributed by atoms with Crippen molar-refractivity contribution in [1.82, 2.24) is 5.32 Å². The standard InChI is InChI=1S/C12H11N3O/c13-12(16)10-5-8-7-3-1-2-4-9(7)15-11(8)6-14-10/h1-4,6,10,14H,5H2,(H2,13,16). The predicted molar refractivity (Wildman–Crippen MR) is 59.4 cm³/mol. The van der Waals surface area contributed by atoms with Crippen molar-refractivity contribution < 1.29 is 4.79 Å². The van der Waals surface area contributed by atoms with Crippen LogP contribution in [-0.2, 0) is 4.79 Å². The van der Waals surface area contributed by atoms with Crippen molar-refractivity contribution >= 4 is 11.5 Å². The second-order valence-electron chi connectivity index (χ2n) is 3.96. The van der Waals surface area contributed by atoms with Gasteiger partial charge in [0.05, 0.1) is 11.1 Å². The van der Waals surface area contributed by atoms with E-state index in [9.17, 15) is 4.79 Å². The molecule has 3 rings (SSSR count). The van der Waals surface area contributed by atoms with Crippen LogP contribution in [0.15, 0.2) is 41.2 Å². The van der Waals surface area contributed by atoms with Gasteiger partial charge in [-0.15, -0.1) is 0 Å². The topological polar surface area (TPSA) is 67.5 Å². The molecule has 0 aliphatic carbocycles. The lowest BCUT2D eigenvalue weighted by atomic mass is 9.99. The van der Waals surface area contributed by atoms with Gasteiger partial charge in [0.25, 0.3) is 0 Å². The number of carbonyl (C=O) groups excluding carboxylic acids is 1. The van der Waals surface area contributed by atoms with Crippen molar-refractivity contribution in [2.24, 2.45) is 10.7 Å². The summed E-state index contributed by atoms with van der Waals surface area (Å²) >= 11 is 0. The first kappa shape index (κ1) is 9.15. The van der Waals surface area contributed by atoms with Crippen LogP contribution in [-0.4, -0.2) is 11.9 Å². The molecule has 0 saturated carbocycles. The van der Waals surface area contributed by atoms with Crippen LogP contribution < -0.4 is 21.6 Å². The van der Waals surface area contributed by atoms with Gasteiger partial charge in [-0.25, -0.2) is 4.99 Å². The molecule has 4 heteroatoms. The molecule has 80 valence electrons. The number of primary amides is 1. The van der Waals surface area contributed by atoms with E-state index in [2.05, 4.69) is 10.3 Å². The highest BCUT2D eigenvalue weighted by Gasteiger charge is 2.24. The quantitative estimate of drug-likeness (QED) is 0.638. The number of nitrogens with one attached hydrogen (secondary N) is 1. The summed E-state index contributed by atoms with van der Waals surface area (Å²) in [5.41, 5.74) is 7.32. The van der Waals surface area contributed by atoms with Crippen molar-refractivity contribution in [1.29, 1.82) is 0 Å². The average Bonchev–Trinajstić information content (AvgIpc) is 2.66. The molecule has 1 amide bonds. The summed E-state index contributed by atoms with van der Waals surface area (Å²) < 4.78 is 0. The molecule has 0 fully saturated rings. The molecule has 2 aliphatic rings. The molecule has 16 heavy (non-hydrogen) atoms. The van der Waals surface area contributed by atoms with Gasteiger partial charge in [0.15, 0.2) is 0 Å². The third-order valence-electron chi connectivity index (χ3n) is 2.95. The molecule has 3 N–H and O–H groups in total. The number of allylic oxidation sites excluding steroid dienone is 1. The summed E-state index contributed by atoms with van der Waals surface area (Å²) in [6, 6.07) is 7.62. The SMILES string of the molecule is NC(=O)C1CC2=c3ccccc3=NC2=CN1. The molecule has 1 unspecified atom stereocenters. The van der Waals surface area contributed by atoms with Crippen LogP contribution in [0.4, 0.5) is 0 Å². The van der Waals surface area contributed by atoms with Crippen LogP contribution in [0, 0.1) is 0 Å². The molecule has 1 aromatic carbocycles. The second-order valence-corrected chi connectivity index (χ2v) is 3.96. The Balaban J connectivity index is 2.18. The molecule has 1 atom stereocenters. The molecule has 2 heterocycles. The maximum atomic E-state index is 11.1. The highest BCUT2D eigenvalue weighted by atomic mass is 16.1. The van der Waals surface area contributed by atoms with Gasteiger partial charge >= 0.3 is 0 Å². The summed E-state index contributed by atoms with van der Waals surface area (Å²) in [6.45, 7) is 0. The molecule has 0 spiro atoms. The number of carbonyl (C=O) groups is 1. The Bertz CT molecular complexity index is 615. The van der Waals surface area contributed by atoms with E-state index in [4.69, 9.17) is 5.73 Å². The van der Waals surface area contributed by atoms with Crippen LogP contribution >= 0.6 is 0 Å². The normalized spacial score (nSPS) is 21.4. The van der Waals surface area contributed by atoms with E-state index >= 15 is 0 Å². The number of benzene rings is 1. The maximum Gasteiger partial charge on any atom is 0.240 e. The summed E-state index contributed by atoms with van der Waals surface area (Å²) in [4.78, 5) is 15.6. The first-order valence-corrected chi connectivity index (χ1v) is 5.18. The third kappa shape index (κ3) is 1.23. The van der Waals surface area contributed by atoms with Crippen molar-refractivity contribution in [3.63, 3.8) is 0 Å². The number of fused-ring (bicyclic) bond motifs is 2. The highest BCUT2D eigenvalue weighted by molar-refractivity contribution is 5.84. The molecule has 0 saturated heterocycles. The minimum absolute atomic E-state index is 0.319. The molecular weight excluding hydrogens is 202 g/mol. The van der Waals surface area contributed by atoms with Crippen molar-refractivity contribution in [2.75, 3.05) is 0 Å². The van der Waals surface area contributed by atoms with Gasteiger partial charge in [-0.3, -0.25) is 4.79 Å². The number of nitrogens with zero attached hydrogens (tertiary/aromatic N) is 1. The summed E-state index contributed by atoms with van der Waals surface area (Å²) in [5.74, 6) is -0.327. The lowest BCUT2D eigenvalue weighted by Gasteiger charge is -2.20. The van der Waals surface area contributed by atoms with E-state index < -0.39 is 0 Å². The first-order valence-electron chi connectivity index (χ1n) is 5.18. The number of para-hydroxylation sites is 1. The van der Waals surface area contributed by atoms with E-state index in [1.54, 1.807) is 6.20 Å². The fraction of sp³-hybridized carbons (Fsp3) is 0.167. The lowest BCUT2D eigenvalue weighted by Crippen LogP contribution is -2.41. The Hall–Kier alpha value is -2.10. The Morgan fingerprint density at radius 2 is 2.25 bits per heavy atom. The molecule has 2 aliphatic heterocycles. The summed E-state index contributed by atoms with van der Waals surface area (Å²) in [7, 11) is 0. The van der Waals surface area contributed by atoms with Gasteiger partial charge in [0, 0.05) is 17.8 Å². The van der Waals surface area contributed by atoms with Crippen LogP contribution in [0.25, 0.3) is 5.57 Å². The first-order chi connectivity index (χ1) is 7.75. The summed E-state index contributed by atoms with van der Waals surface area (Å²) in [5, 5.41) is 5.05. The van der Waals surface area contributed by atoms with E-state index in [0.29, 0.717) is 6.42 Å². The fourth-order valence-electron chi connectivity index (χ4n) is 2.12. The Kier molecular flexibility index (Phi) is 1.83. The minimum Gasteiger partial charge on any atom is -0.378 e. The van der Waals surface area contributed by atoms with E-state index in [1.165, 1.54) is 0 Å². The van der Waals surface area contributed by atoms with Crippen LogP contribution in [0.1, 0.15) is 6.42 Å². The molecule has 0 bridgehead atoms. The highest BCUT2D eigenvalue weighted by Crippen LogP contribution is 2.22. The average molecular weight is 213 g/mol. The fourth-order valence-corrected chi connectivity index (χ4v) is 2.12. The number of hydrogen-bond acceptors (Lipinski definition) is 3. The minimum atomic E-state index is -0.327. The van der Waals surface area contributed by atoms with Gasteiger partial charge in [0.2, 0.25) is 5.91 Å².